The molecule has 0 spiro atoms. The zero-order valence-electron chi connectivity index (χ0n) is 14.2. The van der Waals surface area contributed by atoms with Crippen molar-refractivity contribution in [3.05, 3.63) is 35.9 Å². The average molecular weight is 354 g/mol. The molecule has 1 aliphatic heterocycles. The number of hydrogen-bond donors (Lipinski definition) is 2. The molecular weight excluding hydrogens is 328 g/mol. The van der Waals surface area contributed by atoms with E-state index in [0.29, 0.717) is 39.1 Å². The molecule has 1 aliphatic rings. The summed E-state index contributed by atoms with van der Waals surface area (Å²) in [4.78, 5) is 12.6. The van der Waals surface area contributed by atoms with Gasteiger partial charge in [0.2, 0.25) is 5.91 Å². The molecule has 134 valence electrons. The lowest BCUT2D eigenvalue weighted by Crippen LogP contribution is -2.59. The van der Waals surface area contributed by atoms with E-state index in [-0.39, 0.29) is 6.04 Å². The molecule has 1 fully saturated rings. The molecule has 1 aromatic rings. The van der Waals surface area contributed by atoms with E-state index < -0.39 is 20.5 Å². The Hall–Kier alpha value is -1.44. The van der Waals surface area contributed by atoms with Crippen LogP contribution in [-0.4, -0.2) is 51.1 Å². The summed E-state index contributed by atoms with van der Waals surface area (Å²) in [5.41, 5.74) is 1.06. The fraction of sp³-hybridized carbons (Fsp3) is 0.588. The van der Waals surface area contributed by atoms with Gasteiger partial charge in [-0.2, -0.15) is 0 Å². The Kier molecular flexibility index (Phi) is 6.37. The van der Waals surface area contributed by atoms with Crippen molar-refractivity contribution in [1.82, 2.24) is 10.6 Å². The largest absolute Gasteiger partial charge is 0.375 e. The van der Waals surface area contributed by atoms with Crippen molar-refractivity contribution in [3.8, 4) is 0 Å². The van der Waals surface area contributed by atoms with Gasteiger partial charge < -0.3 is 15.4 Å². The summed E-state index contributed by atoms with van der Waals surface area (Å²) in [6.45, 7) is 3.67. The van der Waals surface area contributed by atoms with Crippen LogP contribution in [0.3, 0.4) is 0 Å². The van der Waals surface area contributed by atoms with Gasteiger partial charge in [-0.3, -0.25) is 4.79 Å². The molecule has 1 heterocycles. The van der Waals surface area contributed by atoms with Crippen molar-refractivity contribution in [2.45, 2.75) is 37.2 Å². The molecular formula is C17H26N2O4S. The number of hydrogen-bond acceptors (Lipinski definition) is 5. The minimum atomic E-state index is -3.49. The maximum Gasteiger partial charge on any atom is 0.241 e. The van der Waals surface area contributed by atoms with Crippen molar-refractivity contribution in [2.24, 2.45) is 0 Å². The fourth-order valence-corrected chi connectivity index (χ4v) is 4.26. The van der Waals surface area contributed by atoms with Gasteiger partial charge in [0.05, 0.1) is 13.2 Å². The molecule has 24 heavy (non-hydrogen) atoms. The maximum atomic E-state index is 12.6. The van der Waals surface area contributed by atoms with E-state index in [1.54, 1.807) is 0 Å². The molecule has 0 aromatic heterocycles. The van der Waals surface area contributed by atoms with Crippen LogP contribution in [0.15, 0.2) is 30.3 Å². The average Bonchev–Trinajstić information content (AvgIpc) is 2.55. The molecule has 2 N–H and O–H groups in total. The van der Waals surface area contributed by atoms with Crippen molar-refractivity contribution >= 4 is 15.7 Å². The van der Waals surface area contributed by atoms with Gasteiger partial charge in [-0.05, 0) is 38.4 Å². The summed E-state index contributed by atoms with van der Waals surface area (Å²) in [5.74, 6) is -0.415. The number of piperidine rings is 1. The van der Waals surface area contributed by atoms with E-state index in [1.165, 1.54) is 0 Å². The smallest absolute Gasteiger partial charge is 0.241 e. The van der Waals surface area contributed by atoms with Gasteiger partial charge in [0.1, 0.15) is 0 Å². The maximum absolute atomic E-state index is 12.6. The van der Waals surface area contributed by atoms with Crippen LogP contribution in [0.1, 0.15) is 25.3 Å². The van der Waals surface area contributed by atoms with Gasteiger partial charge in [-0.1, -0.05) is 30.3 Å². The van der Waals surface area contributed by atoms with Crippen LogP contribution >= 0.6 is 0 Å². The highest BCUT2D eigenvalue weighted by atomic mass is 32.2. The van der Waals surface area contributed by atoms with Crippen molar-refractivity contribution in [3.63, 3.8) is 0 Å². The summed E-state index contributed by atoms with van der Waals surface area (Å²) in [5, 5.41) is 5.92. The first kappa shape index (κ1) is 18.9. The summed E-state index contributed by atoms with van der Waals surface area (Å²) in [7, 11) is -3.49. The standard InChI is InChI=1S/C17H26N2O4S/c1-14(12-23-13-15-6-4-3-5-7-15)19-16(20)17(24(2,21)22)8-10-18-11-9-17/h3-7,14,18H,8-13H2,1-2H3,(H,19,20). The van der Waals surface area contributed by atoms with Gasteiger partial charge in [-0.15, -0.1) is 0 Å². The zero-order chi connectivity index (χ0) is 17.6. The van der Waals surface area contributed by atoms with Gasteiger partial charge in [0, 0.05) is 12.3 Å². The van der Waals surface area contributed by atoms with Crippen LogP contribution in [0.25, 0.3) is 0 Å². The predicted octanol–water partition coefficient (Wildman–Crippen LogP) is 0.875. The number of benzene rings is 1. The number of nitrogens with one attached hydrogen (secondary N) is 2. The number of ether oxygens (including phenoxy) is 1. The van der Waals surface area contributed by atoms with Crippen molar-refractivity contribution in [1.29, 1.82) is 0 Å². The highest BCUT2D eigenvalue weighted by molar-refractivity contribution is 7.92. The first-order valence-electron chi connectivity index (χ1n) is 8.18. The third-order valence-electron chi connectivity index (χ3n) is 4.39. The normalized spacial score (nSPS) is 18.8. The van der Waals surface area contributed by atoms with Gasteiger partial charge in [0.25, 0.3) is 0 Å². The Morgan fingerprint density at radius 2 is 1.92 bits per heavy atom. The third kappa shape index (κ3) is 4.55. The van der Waals surface area contributed by atoms with Crippen LogP contribution in [0.2, 0.25) is 0 Å². The summed E-state index contributed by atoms with van der Waals surface area (Å²) >= 11 is 0. The molecule has 0 saturated carbocycles. The fourth-order valence-electron chi connectivity index (χ4n) is 2.92. The van der Waals surface area contributed by atoms with Crippen LogP contribution < -0.4 is 10.6 Å². The zero-order valence-corrected chi connectivity index (χ0v) is 15.1. The Bertz CT molecular complexity index is 640. The van der Waals surface area contributed by atoms with E-state index in [4.69, 9.17) is 4.74 Å². The Morgan fingerprint density at radius 3 is 2.50 bits per heavy atom. The minimum Gasteiger partial charge on any atom is -0.375 e. The van der Waals surface area contributed by atoms with Crippen LogP contribution in [0, 0.1) is 0 Å². The molecule has 1 amide bonds. The van der Waals surface area contributed by atoms with Gasteiger partial charge in [0.15, 0.2) is 14.6 Å². The van der Waals surface area contributed by atoms with Crippen molar-refractivity contribution in [2.75, 3.05) is 26.0 Å². The Labute approximate surface area is 143 Å². The first-order chi connectivity index (χ1) is 11.3. The summed E-state index contributed by atoms with van der Waals surface area (Å²) < 4.78 is 28.7. The Morgan fingerprint density at radius 1 is 1.29 bits per heavy atom. The highest BCUT2D eigenvalue weighted by Crippen LogP contribution is 2.28. The minimum absolute atomic E-state index is 0.255. The van der Waals surface area contributed by atoms with Crippen molar-refractivity contribution < 1.29 is 17.9 Å². The molecule has 7 heteroatoms. The van der Waals surface area contributed by atoms with E-state index in [9.17, 15) is 13.2 Å². The SMILES string of the molecule is CC(COCc1ccccc1)NC(=O)C1(S(C)(=O)=O)CCNCC1. The van der Waals surface area contributed by atoms with E-state index >= 15 is 0 Å². The number of rotatable bonds is 7. The van der Waals surface area contributed by atoms with E-state index in [0.717, 1.165) is 11.8 Å². The number of sulfone groups is 1. The van der Waals surface area contributed by atoms with Gasteiger partial charge in [-0.25, -0.2) is 8.42 Å². The molecule has 0 radical (unpaired) electrons. The van der Waals surface area contributed by atoms with Crippen LogP contribution in [0.4, 0.5) is 0 Å². The molecule has 1 atom stereocenters. The molecule has 1 unspecified atom stereocenters. The van der Waals surface area contributed by atoms with Crippen LogP contribution in [0.5, 0.6) is 0 Å². The lowest BCUT2D eigenvalue weighted by molar-refractivity contribution is -0.125. The molecule has 0 aliphatic carbocycles. The summed E-state index contributed by atoms with van der Waals surface area (Å²) in [6.07, 6.45) is 1.75. The lowest BCUT2D eigenvalue weighted by Gasteiger charge is -2.35. The molecule has 2 rings (SSSR count). The second-order valence-electron chi connectivity index (χ2n) is 6.39. The second-order valence-corrected chi connectivity index (χ2v) is 8.72. The predicted molar refractivity (Wildman–Crippen MR) is 93.4 cm³/mol. The Balaban J connectivity index is 1.89. The van der Waals surface area contributed by atoms with E-state index in [1.807, 2.05) is 37.3 Å². The topological polar surface area (TPSA) is 84.5 Å². The number of carbonyl (C=O) groups is 1. The summed E-state index contributed by atoms with van der Waals surface area (Å²) in [6, 6.07) is 9.51. The molecule has 0 bridgehead atoms. The number of carbonyl (C=O) groups excluding carboxylic acids is 1. The van der Waals surface area contributed by atoms with E-state index in [2.05, 4.69) is 10.6 Å². The number of amides is 1. The quantitative estimate of drug-likeness (QED) is 0.759. The third-order valence-corrected chi connectivity index (χ3v) is 6.40. The molecule has 1 aromatic carbocycles. The highest BCUT2D eigenvalue weighted by Gasteiger charge is 2.48. The lowest BCUT2D eigenvalue weighted by atomic mass is 9.95. The second kappa shape index (κ2) is 8.09. The molecule has 1 saturated heterocycles. The first-order valence-corrected chi connectivity index (χ1v) is 10.1. The van der Waals surface area contributed by atoms with Crippen LogP contribution in [-0.2, 0) is 26.0 Å². The monoisotopic (exact) mass is 354 g/mol. The van der Waals surface area contributed by atoms with Gasteiger partial charge >= 0.3 is 0 Å². The molecule has 6 nitrogen and oxygen atoms in total.